The molecule has 0 aliphatic rings. The number of hydrogen-bond acceptors (Lipinski definition) is 5. The van der Waals surface area contributed by atoms with E-state index in [-0.39, 0.29) is 11.9 Å². The molecule has 0 saturated carbocycles. The molecule has 0 unspecified atom stereocenters. The molecule has 0 heterocycles. The third-order valence-corrected chi connectivity index (χ3v) is 47.8. The Kier molecular flexibility index (Phi) is 59.1. The van der Waals surface area contributed by atoms with Gasteiger partial charge >= 0.3 is 394 Å². The molecule has 0 saturated heterocycles. The molecule has 0 spiro atoms. The first-order chi connectivity index (χ1) is 36.9. The van der Waals surface area contributed by atoms with Crippen LogP contribution in [0, 0.1) is 0 Å². The van der Waals surface area contributed by atoms with Gasteiger partial charge in [-0.15, -0.1) is 0 Å². The van der Waals surface area contributed by atoms with Gasteiger partial charge in [0.2, 0.25) is 0 Å². The van der Waals surface area contributed by atoms with Crippen LogP contribution in [0.25, 0.3) is 0 Å². The van der Waals surface area contributed by atoms with Crippen molar-refractivity contribution in [3.63, 3.8) is 0 Å². The van der Waals surface area contributed by atoms with E-state index in [4.69, 9.17) is 7.56 Å². The van der Waals surface area contributed by atoms with Crippen LogP contribution in [0.1, 0.15) is 350 Å². The molecule has 5 nitrogen and oxygen atoms in total. The summed E-state index contributed by atoms with van der Waals surface area (Å²) in [5.74, 6) is -0.0200. The maximum absolute atomic E-state index is 14.4. The molecule has 440 valence electrons. The zero-order valence-electron chi connectivity index (χ0n) is 51.4. The summed E-state index contributed by atoms with van der Waals surface area (Å²) in [6.07, 6.45) is 74.5. The smallest absolute Gasteiger partial charge is 0.0882 e. The van der Waals surface area contributed by atoms with E-state index in [1.807, 2.05) is 0 Å². The third-order valence-electron chi connectivity index (χ3n) is 15.3. The standard InChI is InChI=1S/2C18H32O2.4C8H17.O.2Sn/c2*1-2-3-4-5-6-7-8-9-10-11-12-13-14-15-16-17-18(19)20;4*1-3-5-7-8-6-4-2;;;/h2*6-7,9-10H,2-5,8,11-17H2,1H3,(H,19,20);4*1,3-8H2,2H3;;;/q;;;;;;;2*+1/p-2/b2*7-6-,10-9-;;;;;;;. The summed E-state index contributed by atoms with van der Waals surface area (Å²) in [5.41, 5.74) is 0. The van der Waals surface area contributed by atoms with Gasteiger partial charge in [0.25, 0.3) is 0 Å². The van der Waals surface area contributed by atoms with Crippen molar-refractivity contribution >= 4 is 50.3 Å². The summed E-state index contributed by atoms with van der Waals surface area (Å²) in [4.78, 5) is 28.8. The van der Waals surface area contributed by atoms with E-state index in [2.05, 4.69) is 90.2 Å². The van der Waals surface area contributed by atoms with E-state index in [0.717, 1.165) is 94.8 Å². The zero-order chi connectivity index (χ0) is 54.7. The van der Waals surface area contributed by atoms with Crippen molar-refractivity contribution < 1.29 is 17.1 Å². The van der Waals surface area contributed by atoms with Crippen molar-refractivity contribution in [3.05, 3.63) is 48.6 Å². The predicted octanol–water partition coefficient (Wildman–Crippen LogP) is 24.0. The molecule has 0 aromatic carbocycles. The topological polar surface area (TPSA) is 61.8 Å². The summed E-state index contributed by atoms with van der Waals surface area (Å²) >= 11 is -8.34. The molecule has 7 heteroatoms. The Balaban J connectivity index is 6.34. The molecule has 0 N–H and O–H groups in total. The fourth-order valence-electron chi connectivity index (χ4n) is 10.4. The Hall–Kier alpha value is -0.543. The number of allylic oxidation sites excluding steroid dienone is 8. The second kappa shape index (κ2) is 59.6. The van der Waals surface area contributed by atoms with Gasteiger partial charge in [0.1, 0.15) is 0 Å². The summed E-state index contributed by atoms with van der Waals surface area (Å²) < 4.78 is 26.1. The third kappa shape index (κ3) is 51.4. The normalized spacial score (nSPS) is 12.5. The molecular formula is C68H130O5Sn2. The molecule has 0 radical (unpaired) electrons. The first kappa shape index (κ1) is 74.5. The molecule has 0 aliphatic heterocycles. The minimum Gasteiger partial charge on any atom is -0.0882 e. The Morgan fingerprint density at radius 2 is 0.480 bits per heavy atom. The van der Waals surface area contributed by atoms with Crippen molar-refractivity contribution in [2.45, 2.75) is 367 Å². The van der Waals surface area contributed by atoms with Gasteiger partial charge in [0, 0.05) is 0 Å². The van der Waals surface area contributed by atoms with Gasteiger partial charge in [0.15, 0.2) is 0 Å². The van der Waals surface area contributed by atoms with Crippen LogP contribution in [0.4, 0.5) is 0 Å². The van der Waals surface area contributed by atoms with Crippen LogP contribution >= 0.6 is 0 Å². The van der Waals surface area contributed by atoms with E-state index in [1.165, 1.54) is 218 Å². The fourth-order valence-corrected chi connectivity index (χ4v) is 50.7. The first-order valence-electron chi connectivity index (χ1n) is 33.6. The van der Waals surface area contributed by atoms with Crippen molar-refractivity contribution in [2.24, 2.45) is 0 Å². The molecule has 0 bridgehead atoms. The molecule has 0 aromatic heterocycles. The van der Waals surface area contributed by atoms with Crippen LogP contribution in [0.5, 0.6) is 0 Å². The fraction of sp³-hybridized carbons (Fsp3) is 0.853. The van der Waals surface area contributed by atoms with Gasteiger partial charge in [-0.1, -0.05) is 63.8 Å². The van der Waals surface area contributed by atoms with Crippen LogP contribution in [0.3, 0.4) is 0 Å². The van der Waals surface area contributed by atoms with Gasteiger partial charge in [-0.2, -0.15) is 0 Å². The van der Waals surface area contributed by atoms with Crippen LogP contribution in [-0.4, -0.2) is 50.3 Å². The van der Waals surface area contributed by atoms with Crippen LogP contribution < -0.4 is 0 Å². The number of unbranched alkanes of at least 4 members (excludes halogenated alkanes) is 36. The molecule has 0 rings (SSSR count). The van der Waals surface area contributed by atoms with Crippen molar-refractivity contribution in [1.82, 2.24) is 0 Å². The number of hydrogen-bond donors (Lipinski definition) is 0. The van der Waals surface area contributed by atoms with Crippen molar-refractivity contribution in [2.75, 3.05) is 0 Å². The Bertz CT molecular complexity index is 1190. The minimum atomic E-state index is -4.17. The average molecular weight is 1270 g/mol. The summed E-state index contributed by atoms with van der Waals surface area (Å²) in [6.45, 7) is 13.7. The van der Waals surface area contributed by atoms with E-state index in [0.29, 0.717) is 12.8 Å². The maximum atomic E-state index is 14.4. The quantitative estimate of drug-likeness (QED) is 0.0345. The summed E-state index contributed by atoms with van der Waals surface area (Å²) in [6, 6.07) is 0. The zero-order valence-corrected chi connectivity index (χ0v) is 57.1. The molecule has 0 amide bonds. The molecule has 0 atom stereocenters. The Morgan fingerprint density at radius 3 is 0.760 bits per heavy atom. The average Bonchev–Trinajstić information content (AvgIpc) is 3.40. The minimum absolute atomic E-state index is 0.00998. The molecule has 0 aliphatic carbocycles. The van der Waals surface area contributed by atoms with E-state index in [1.54, 1.807) is 0 Å². The van der Waals surface area contributed by atoms with Crippen molar-refractivity contribution in [1.29, 1.82) is 0 Å². The Morgan fingerprint density at radius 1 is 0.267 bits per heavy atom. The van der Waals surface area contributed by atoms with Gasteiger partial charge in [-0.05, 0) is 25.7 Å². The predicted molar refractivity (Wildman–Crippen MR) is 336 cm³/mol. The van der Waals surface area contributed by atoms with Crippen LogP contribution in [0.15, 0.2) is 48.6 Å². The van der Waals surface area contributed by atoms with E-state index >= 15 is 0 Å². The number of carbonyl (C=O) groups excluding carboxylic acids is 2. The van der Waals surface area contributed by atoms with Gasteiger partial charge in [0.05, 0.1) is 0 Å². The molecular weight excluding hydrogens is 1130 g/mol. The Labute approximate surface area is 480 Å². The first-order valence-corrected chi connectivity index (χ1v) is 46.3. The molecule has 0 fully saturated rings. The van der Waals surface area contributed by atoms with Crippen LogP contribution in [0.2, 0.25) is 17.7 Å². The second-order valence-electron chi connectivity index (χ2n) is 22.9. The second-order valence-corrected chi connectivity index (χ2v) is 44.7. The molecule has 75 heavy (non-hydrogen) atoms. The van der Waals surface area contributed by atoms with Gasteiger partial charge in [-0.25, -0.2) is 0 Å². The summed E-state index contributed by atoms with van der Waals surface area (Å²) in [5, 5.41) is 0. The SMILES string of the molecule is CCCCC/C=C\C/C=C\CCCCCCCC(=O)[O][Sn]([CH2]CCCCCCC)([CH2]CCCCCCC)[O][Sn]([CH2]CCCCCCC)([CH2]CCCCCCC)[O]C(=O)CCCCCCC/C=C\C/C=C\CCCCC. The van der Waals surface area contributed by atoms with Gasteiger partial charge < -0.3 is 0 Å². The monoisotopic (exact) mass is 1270 g/mol. The van der Waals surface area contributed by atoms with Crippen molar-refractivity contribution in [3.8, 4) is 0 Å². The number of carbonyl (C=O) groups is 2. The van der Waals surface area contributed by atoms with E-state index in [9.17, 15) is 9.59 Å². The van der Waals surface area contributed by atoms with Crippen LogP contribution in [-0.2, 0) is 17.1 Å². The number of rotatable bonds is 60. The molecule has 0 aromatic rings. The summed E-state index contributed by atoms with van der Waals surface area (Å²) in [7, 11) is 0. The van der Waals surface area contributed by atoms with Gasteiger partial charge in [-0.3, -0.25) is 0 Å². The van der Waals surface area contributed by atoms with E-state index < -0.39 is 38.4 Å².